The molecule has 0 bridgehead atoms. The minimum Gasteiger partial charge on any atom is -0.391 e. The Kier molecular flexibility index (Phi) is 6.72. The van der Waals surface area contributed by atoms with Crippen molar-refractivity contribution in [3.8, 4) is 0 Å². The maximum absolute atomic E-state index is 11.7. The molecule has 5 heteroatoms. The number of nitrogens with one attached hydrogen (secondary N) is 2. The molecule has 0 radical (unpaired) electrons. The van der Waals surface area contributed by atoms with E-state index in [0.717, 1.165) is 6.42 Å². The molecule has 0 unspecified atom stereocenters. The lowest BCUT2D eigenvalue weighted by Gasteiger charge is -2.21. The molecule has 0 aromatic carbocycles. The van der Waals surface area contributed by atoms with Gasteiger partial charge in [0.15, 0.2) is 0 Å². The number of amides is 2. The van der Waals surface area contributed by atoms with E-state index in [0.29, 0.717) is 12.5 Å². The van der Waals surface area contributed by atoms with Gasteiger partial charge in [0.2, 0.25) is 11.8 Å². The standard InChI is InChI=1S/C11H22N2O3/c1-5-7(2)6-12-11(16)10(8(3)14)13-9(4)15/h7-8,10,14H,5-6H2,1-4H3,(H,12,16)(H,13,15)/t7-,8+,10-/m0/s1. The highest BCUT2D eigenvalue weighted by Gasteiger charge is 2.24. The molecule has 94 valence electrons. The Labute approximate surface area is 96.6 Å². The summed E-state index contributed by atoms with van der Waals surface area (Å²) in [4.78, 5) is 22.5. The van der Waals surface area contributed by atoms with Crippen LogP contribution in [0.3, 0.4) is 0 Å². The largest absolute Gasteiger partial charge is 0.391 e. The van der Waals surface area contributed by atoms with Gasteiger partial charge in [0, 0.05) is 13.5 Å². The van der Waals surface area contributed by atoms with Crippen LogP contribution in [0.4, 0.5) is 0 Å². The Morgan fingerprint density at radius 1 is 1.31 bits per heavy atom. The maximum Gasteiger partial charge on any atom is 0.245 e. The van der Waals surface area contributed by atoms with E-state index in [-0.39, 0.29) is 11.8 Å². The van der Waals surface area contributed by atoms with Crippen LogP contribution >= 0.6 is 0 Å². The SMILES string of the molecule is CC[C@H](C)CNC(=O)[C@@H](NC(C)=O)[C@@H](C)O. The van der Waals surface area contributed by atoms with Gasteiger partial charge in [0.25, 0.3) is 0 Å². The van der Waals surface area contributed by atoms with E-state index in [1.54, 1.807) is 0 Å². The number of rotatable bonds is 6. The highest BCUT2D eigenvalue weighted by Crippen LogP contribution is 1.99. The lowest BCUT2D eigenvalue weighted by Crippen LogP contribution is -2.52. The Bertz CT molecular complexity index is 241. The van der Waals surface area contributed by atoms with Crippen LogP contribution in [0.25, 0.3) is 0 Å². The van der Waals surface area contributed by atoms with E-state index in [1.165, 1.54) is 13.8 Å². The fraction of sp³-hybridized carbons (Fsp3) is 0.818. The third-order valence-corrected chi connectivity index (χ3v) is 2.45. The van der Waals surface area contributed by atoms with Crippen LogP contribution in [0.15, 0.2) is 0 Å². The number of hydrogen-bond donors (Lipinski definition) is 3. The molecule has 0 spiro atoms. The second-order valence-electron chi connectivity index (χ2n) is 4.18. The minimum absolute atomic E-state index is 0.329. The van der Waals surface area contributed by atoms with Crippen LogP contribution in [0.2, 0.25) is 0 Å². The number of aliphatic hydroxyl groups excluding tert-OH is 1. The number of aliphatic hydroxyl groups is 1. The maximum atomic E-state index is 11.7. The van der Waals surface area contributed by atoms with Gasteiger partial charge in [0.1, 0.15) is 6.04 Å². The lowest BCUT2D eigenvalue weighted by molar-refractivity contribution is -0.130. The Morgan fingerprint density at radius 2 is 1.88 bits per heavy atom. The van der Waals surface area contributed by atoms with Gasteiger partial charge >= 0.3 is 0 Å². The van der Waals surface area contributed by atoms with Crippen LogP contribution in [0.1, 0.15) is 34.1 Å². The van der Waals surface area contributed by atoms with E-state index in [4.69, 9.17) is 0 Å². The molecule has 0 aromatic heterocycles. The summed E-state index contributed by atoms with van der Waals surface area (Å²) < 4.78 is 0. The average Bonchev–Trinajstić information content (AvgIpc) is 2.21. The molecule has 0 aliphatic rings. The monoisotopic (exact) mass is 230 g/mol. The lowest BCUT2D eigenvalue weighted by atomic mass is 10.1. The second-order valence-corrected chi connectivity index (χ2v) is 4.18. The van der Waals surface area contributed by atoms with E-state index < -0.39 is 12.1 Å². The molecule has 0 rings (SSSR count). The molecule has 0 heterocycles. The van der Waals surface area contributed by atoms with Crippen molar-refractivity contribution >= 4 is 11.8 Å². The molecule has 0 aliphatic heterocycles. The fourth-order valence-electron chi connectivity index (χ4n) is 1.15. The third kappa shape index (κ3) is 5.70. The zero-order valence-corrected chi connectivity index (χ0v) is 10.4. The molecule has 0 aromatic rings. The van der Waals surface area contributed by atoms with Crippen LogP contribution < -0.4 is 10.6 Å². The van der Waals surface area contributed by atoms with E-state index in [1.807, 2.05) is 13.8 Å². The molecule has 16 heavy (non-hydrogen) atoms. The van der Waals surface area contributed by atoms with Gasteiger partial charge in [0.05, 0.1) is 6.10 Å². The summed E-state index contributed by atoms with van der Waals surface area (Å²) in [7, 11) is 0. The van der Waals surface area contributed by atoms with Gasteiger partial charge in [-0.15, -0.1) is 0 Å². The van der Waals surface area contributed by atoms with Gasteiger partial charge in [-0.1, -0.05) is 20.3 Å². The van der Waals surface area contributed by atoms with E-state index in [9.17, 15) is 14.7 Å². The van der Waals surface area contributed by atoms with Gasteiger partial charge in [-0.05, 0) is 12.8 Å². The average molecular weight is 230 g/mol. The van der Waals surface area contributed by atoms with Crippen molar-refractivity contribution in [2.75, 3.05) is 6.54 Å². The van der Waals surface area contributed by atoms with Crippen molar-refractivity contribution in [1.29, 1.82) is 0 Å². The molecule has 0 saturated heterocycles. The molecule has 0 saturated carbocycles. The highest BCUT2D eigenvalue weighted by atomic mass is 16.3. The zero-order chi connectivity index (χ0) is 12.7. The molecule has 3 N–H and O–H groups in total. The third-order valence-electron chi connectivity index (χ3n) is 2.45. The fourth-order valence-corrected chi connectivity index (χ4v) is 1.15. The molecule has 3 atom stereocenters. The zero-order valence-electron chi connectivity index (χ0n) is 10.4. The van der Waals surface area contributed by atoms with Crippen LogP contribution in [-0.4, -0.2) is 35.6 Å². The quantitative estimate of drug-likeness (QED) is 0.602. The summed E-state index contributed by atoms with van der Waals surface area (Å²) in [5, 5.41) is 14.5. The smallest absolute Gasteiger partial charge is 0.245 e. The summed E-state index contributed by atoms with van der Waals surface area (Å²) in [5.41, 5.74) is 0. The van der Waals surface area contributed by atoms with Crippen molar-refractivity contribution in [2.45, 2.75) is 46.3 Å². The summed E-state index contributed by atoms with van der Waals surface area (Å²) in [6.07, 6.45) is 0.0700. The van der Waals surface area contributed by atoms with E-state index >= 15 is 0 Å². The van der Waals surface area contributed by atoms with Crippen LogP contribution in [0, 0.1) is 5.92 Å². The van der Waals surface area contributed by atoms with Crippen molar-refractivity contribution < 1.29 is 14.7 Å². The van der Waals surface area contributed by atoms with Crippen LogP contribution in [0.5, 0.6) is 0 Å². The molecule has 5 nitrogen and oxygen atoms in total. The normalized spacial score (nSPS) is 16.1. The van der Waals surface area contributed by atoms with Crippen molar-refractivity contribution in [3.05, 3.63) is 0 Å². The first-order valence-electron chi connectivity index (χ1n) is 5.61. The summed E-state index contributed by atoms with van der Waals surface area (Å²) >= 11 is 0. The topological polar surface area (TPSA) is 78.4 Å². The first-order chi connectivity index (χ1) is 7.38. The predicted molar refractivity (Wildman–Crippen MR) is 61.8 cm³/mol. The molecule has 0 aliphatic carbocycles. The minimum atomic E-state index is -0.902. The molecular weight excluding hydrogens is 208 g/mol. The number of carbonyl (C=O) groups excluding carboxylic acids is 2. The van der Waals surface area contributed by atoms with Crippen molar-refractivity contribution in [2.24, 2.45) is 5.92 Å². The second kappa shape index (κ2) is 7.22. The first-order valence-corrected chi connectivity index (χ1v) is 5.61. The summed E-state index contributed by atoms with van der Waals surface area (Å²) in [5.74, 6) is -0.286. The summed E-state index contributed by atoms with van der Waals surface area (Å²) in [6, 6.07) is -0.874. The van der Waals surface area contributed by atoms with Gasteiger partial charge < -0.3 is 15.7 Å². The summed E-state index contributed by atoms with van der Waals surface area (Å²) in [6.45, 7) is 7.41. The number of hydrogen-bond acceptors (Lipinski definition) is 3. The molecular formula is C11H22N2O3. The highest BCUT2D eigenvalue weighted by molar-refractivity contribution is 5.87. The Balaban J connectivity index is 4.22. The Morgan fingerprint density at radius 3 is 2.25 bits per heavy atom. The van der Waals surface area contributed by atoms with E-state index in [2.05, 4.69) is 10.6 Å². The number of carbonyl (C=O) groups is 2. The Hall–Kier alpha value is -1.10. The van der Waals surface area contributed by atoms with Crippen molar-refractivity contribution in [1.82, 2.24) is 10.6 Å². The first kappa shape index (κ1) is 14.9. The predicted octanol–water partition coefficient (Wildman–Crippen LogP) is 0.0342. The van der Waals surface area contributed by atoms with Gasteiger partial charge in [-0.25, -0.2) is 0 Å². The van der Waals surface area contributed by atoms with Gasteiger partial charge in [-0.3, -0.25) is 9.59 Å². The molecule has 0 fully saturated rings. The van der Waals surface area contributed by atoms with Crippen molar-refractivity contribution in [3.63, 3.8) is 0 Å². The van der Waals surface area contributed by atoms with Crippen LogP contribution in [-0.2, 0) is 9.59 Å². The van der Waals surface area contributed by atoms with Gasteiger partial charge in [-0.2, -0.15) is 0 Å². The molecule has 2 amide bonds.